The van der Waals surface area contributed by atoms with Gasteiger partial charge in [0.15, 0.2) is 17.5 Å². The quantitative estimate of drug-likeness (QED) is 0.133. The van der Waals surface area contributed by atoms with E-state index in [1.165, 1.54) is 44.2 Å². The Kier molecular flexibility index (Phi) is 8.59. The van der Waals surface area contributed by atoms with Crippen molar-refractivity contribution in [2.45, 2.75) is 19.4 Å². The lowest BCUT2D eigenvalue weighted by Gasteiger charge is -2.31. The van der Waals surface area contributed by atoms with E-state index < -0.39 is 52.9 Å². The summed E-state index contributed by atoms with van der Waals surface area (Å²) in [6.45, 7) is 1.92. The first-order chi connectivity index (χ1) is 18.6. The number of hydrogen-bond donors (Lipinski definition) is 7. The number of benzene rings is 2. The number of nitrogens with zero attached hydrogens (tertiary/aromatic N) is 3. The number of guanidine groups is 1. The third-order valence-corrected chi connectivity index (χ3v) is 5.00. The zero-order chi connectivity index (χ0) is 29.8. The van der Waals surface area contributed by atoms with Gasteiger partial charge in [-0.15, -0.1) is 0 Å². The monoisotopic (exact) mass is 558 g/mol. The lowest BCUT2D eigenvalue weighted by atomic mass is 10.1. The number of amidine groups is 1. The van der Waals surface area contributed by atoms with Gasteiger partial charge in [-0.1, -0.05) is 6.07 Å². The molecule has 0 aliphatic heterocycles. The summed E-state index contributed by atoms with van der Waals surface area (Å²) in [5, 5.41) is 27.3. The van der Waals surface area contributed by atoms with Crippen LogP contribution < -0.4 is 37.3 Å². The highest BCUT2D eigenvalue weighted by molar-refractivity contribution is 5.95. The molecule has 0 saturated heterocycles. The van der Waals surface area contributed by atoms with Gasteiger partial charge in [-0.3, -0.25) is 10.2 Å². The summed E-state index contributed by atoms with van der Waals surface area (Å²) in [4.78, 5) is 20.1. The van der Waals surface area contributed by atoms with Crippen molar-refractivity contribution < 1.29 is 33.3 Å². The van der Waals surface area contributed by atoms with Crippen molar-refractivity contribution >= 4 is 29.1 Å². The van der Waals surface area contributed by atoms with Crippen molar-refractivity contribution in [3.63, 3.8) is 0 Å². The number of nitrogens with two attached hydrogens (primary N) is 4. The van der Waals surface area contributed by atoms with Crippen LogP contribution >= 0.6 is 0 Å². The normalized spacial score (nSPS) is 11.0. The second-order valence-corrected chi connectivity index (χ2v) is 9.27. The molecule has 212 valence electrons. The van der Waals surface area contributed by atoms with E-state index in [1.807, 2.05) is 0 Å². The third-order valence-electron chi connectivity index (χ3n) is 5.00. The second kappa shape index (κ2) is 11.7. The Bertz CT molecular complexity index is 1470. The fourth-order valence-corrected chi connectivity index (χ4v) is 3.52. The van der Waals surface area contributed by atoms with Crippen molar-refractivity contribution in [3.8, 4) is 29.0 Å². The number of halogens is 2. The highest BCUT2D eigenvalue weighted by atomic mass is 19.1. The van der Waals surface area contributed by atoms with E-state index in [-0.39, 0.29) is 41.1 Å². The van der Waals surface area contributed by atoms with Crippen molar-refractivity contribution in [1.82, 2.24) is 4.98 Å². The van der Waals surface area contributed by atoms with Gasteiger partial charge >= 0.3 is 5.97 Å². The third kappa shape index (κ3) is 7.44. The van der Waals surface area contributed by atoms with Gasteiger partial charge in [-0.2, -0.15) is 13.8 Å². The molecule has 1 heterocycles. The number of ether oxygens (including phenoxy) is 2. The number of aromatic nitrogens is 1. The van der Waals surface area contributed by atoms with Crippen LogP contribution in [-0.4, -0.2) is 51.6 Å². The SMILES string of the molecule is CC(C)(N)CN(CC(=O)O)c1c(F)c(Oc2cccc(N=C(N)N)c2)nc(Oc2cc(C(=N)N)ccc2O)c1F. The highest BCUT2D eigenvalue weighted by Gasteiger charge is 2.31. The molecule has 11 N–H and O–H groups in total. The van der Waals surface area contributed by atoms with E-state index in [0.717, 1.165) is 17.0 Å². The molecule has 15 heteroatoms. The van der Waals surface area contributed by atoms with Crippen molar-refractivity contribution in [3.05, 3.63) is 59.7 Å². The van der Waals surface area contributed by atoms with Crippen LogP contribution in [-0.2, 0) is 4.79 Å². The summed E-state index contributed by atoms with van der Waals surface area (Å²) in [7, 11) is 0. The van der Waals surface area contributed by atoms with Crippen LogP contribution in [0, 0.1) is 17.0 Å². The smallest absolute Gasteiger partial charge is 0.323 e. The molecule has 0 aliphatic rings. The Morgan fingerprint density at radius 3 is 2.33 bits per heavy atom. The maximum Gasteiger partial charge on any atom is 0.323 e. The molecule has 3 rings (SSSR count). The molecule has 0 fully saturated rings. The van der Waals surface area contributed by atoms with Crippen LogP contribution in [0.3, 0.4) is 0 Å². The summed E-state index contributed by atoms with van der Waals surface area (Å²) >= 11 is 0. The van der Waals surface area contributed by atoms with Crippen LogP contribution in [0.4, 0.5) is 20.2 Å². The lowest BCUT2D eigenvalue weighted by molar-refractivity contribution is -0.135. The number of pyridine rings is 1. The molecule has 40 heavy (non-hydrogen) atoms. The Labute approximate surface area is 227 Å². The summed E-state index contributed by atoms with van der Waals surface area (Å²) in [5.74, 6) is -7.33. The van der Waals surface area contributed by atoms with E-state index in [2.05, 4.69) is 9.98 Å². The van der Waals surface area contributed by atoms with Crippen molar-refractivity contribution in [2.24, 2.45) is 27.9 Å². The number of phenols is 1. The molecular weight excluding hydrogens is 530 g/mol. The minimum atomic E-state index is -1.41. The van der Waals surface area contributed by atoms with Gasteiger partial charge in [0.25, 0.3) is 11.8 Å². The number of carboxylic acids is 1. The van der Waals surface area contributed by atoms with Crippen molar-refractivity contribution in [1.29, 1.82) is 5.41 Å². The number of carbonyl (C=O) groups is 1. The number of aliphatic imine (C=N–C) groups is 1. The number of anilines is 1. The first kappa shape index (κ1) is 29.4. The molecule has 1 aromatic heterocycles. The zero-order valence-electron chi connectivity index (χ0n) is 21.5. The molecule has 0 bridgehead atoms. The van der Waals surface area contributed by atoms with E-state index >= 15 is 8.78 Å². The Morgan fingerprint density at radius 1 is 1.10 bits per heavy atom. The number of aliphatic carboxylic acids is 1. The number of aromatic hydroxyl groups is 1. The second-order valence-electron chi connectivity index (χ2n) is 9.27. The summed E-state index contributed by atoms with van der Waals surface area (Å²) in [6, 6.07) is 9.38. The number of phenolic OH excluding ortho intramolecular Hbond substituents is 1. The van der Waals surface area contributed by atoms with E-state index in [4.69, 9.17) is 37.8 Å². The van der Waals surface area contributed by atoms with Gasteiger partial charge < -0.3 is 47.5 Å². The van der Waals surface area contributed by atoms with Crippen LogP contribution in [0.5, 0.6) is 29.0 Å². The number of rotatable bonds is 11. The molecule has 3 aromatic rings. The highest BCUT2D eigenvalue weighted by Crippen LogP contribution is 2.40. The molecular formula is C25H28F2N8O5. The Hall–Kier alpha value is -5.18. The van der Waals surface area contributed by atoms with Gasteiger partial charge in [0.05, 0.1) is 5.69 Å². The predicted molar refractivity (Wildman–Crippen MR) is 143 cm³/mol. The largest absolute Gasteiger partial charge is 0.504 e. The minimum absolute atomic E-state index is 0.0113. The van der Waals surface area contributed by atoms with Crippen LogP contribution in [0.25, 0.3) is 0 Å². The van der Waals surface area contributed by atoms with Crippen LogP contribution in [0.15, 0.2) is 47.5 Å². The molecule has 0 aliphatic carbocycles. The maximum atomic E-state index is 15.9. The summed E-state index contributed by atoms with van der Waals surface area (Å²) in [6.07, 6.45) is 0. The minimum Gasteiger partial charge on any atom is -0.504 e. The fraction of sp³-hybridized carbons (Fsp3) is 0.200. The van der Waals surface area contributed by atoms with Crippen molar-refractivity contribution in [2.75, 3.05) is 18.0 Å². The van der Waals surface area contributed by atoms with Crippen LogP contribution in [0.1, 0.15) is 19.4 Å². The first-order valence-corrected chi connectivity index (χ1v) is 11.5. The Balaban J connectivity index is 2.22. The fourth-order valence-electron chi connectivity index (χ4n) is 3.52. The Morgan fingerprint density at radius 2 is 1.75 bits per heavy atom. The van der Waals surface area contributed by atoms with E-state index in [0.29, 0.717) is 0 Å². The molecule has 0 radical (unpaired) electrons. The molecule has 2 aromatic carbocycles. The summed E-state index contributed by atoms with van der Waals surface area (Å²) < 4.78 is 42.8. The average Bonchev–Trinajstić information content (AvgIpc) is 2.81. The molecule has 13 nitrogen and oxygen atoms in total. The van der Waals surface area contributed by atoms with E-state index in [9.17, 15) is 15.0 Å². The van der Waals surface area contributed by atoms with Gasteiger partial charge in [0.1, 0.15) is 23.8 Å². The topological polar surface area (TPSA) is 232 Å². The predicted octanol–water partition coefficient (Wildman–Crippen LogP) is 2.47. The molecule has 0 spiro atoms. The first-order valence-electron chi connectivity index (χ1n) is 11.5. The maximum absolute atomic E-state index is 15.9. The molecule has 0 unspecified atom stereocenters. The molecule has 0 amide bonds. The number of carboxylic acid groups (broad SMARTS) is 1. The molecule has 0 atom stereocenters. The molecule has 0 saturated carbocycles. The zero-order valence-corrected chi connectivity index (χ0v) is 21.5. The number of hydrogen-bond acceptors (Lipinski definition) is 9. The van der Waals surface area contributed by atoms with Gasteiger partial charge in [-0.05, 0) is 44.2 Å². The number of nitrogen functional groups attached to an aromatic ring is 1. The van der Waals surface area contributed by atoms with Gasteiger partial charge in [0.2, 0.25) is 11.6 Å². The van der Waals surface area contributed by atoms with Crippen LogP contribution in [0.2, 0.25) is 0 Å². The average molecular weight is 559 g/mol. The lowest BCUT2D eigenvalue weighted by Crippen LogP contribution is -2.47. The summed E-state index contributed by atoms with van der Waals surface area (Å²) in [5.41, 5.74) is 20.7. The number of nitrogens with one attached hydrogen (secondary N) is 1. The van der Waals surface area contributed by atoms with Gasteiger partial charge in [-0.25, -0.2) is 4.99 Å². The van der Waals surface area contributed by atoms with Gasteiger partial charge in [0, 0.05) is 23.7 Å². The van der Waals surface area contributed by atoms with E-state index in [1.54, 1.807) is 0 Å². The standard InChI is InChI=1S/C25H28F2N8O5/c1-25(2,32)11-35(10-17(37)38)20-18(26)22(39-14-5-3-4-13(9-14)33-24(30)31)34-23(19(20)27)40-16-8-12(21(28)29)6-7-15(16)36/h3-9,36H,10-11,32H2,1-2H3,(H3,28,29)(H,37,38)(H4,30,31,33).